The summed E-state index contributed by atoms with van der Waals surface area (Å²) in [4.78, 5) is 4.38. The molecular formula is C12H18N4. The van der Waals surface area contributed by atoms with Crippen molar-refractivity contribution in [2.75, 3.05) is 0 Å². The standard InChI is InChI=1S/C12H18N4/c1-12(2,3)10-9(8-14-16(10)5)11-13-6-7-15(11)4/h6-8H,1-5H3. The summed E-state index contributed by atoms with van der Waals surface area (Å²) >= 11 is 0. The summed E-state index contributed by atoms with van der Waals surface area (Å²) in [7, 11) is 3.98. The molecule has 86 valence electrons. The minimum atomic E-state index is 0.0620. The fraction of sp³-hybridized carbons (Fsp3) is 0.500. The number of hydrogen-bond acceptors (Lipinski definition) is 2. The Morgan fingerprint density at radius 3 is 2.38 bits per heavy atom. The third kappa shape index (κ3) is 1.64. The van der Waals surface area contributed by atoms with Crippen molar-refractivity contribution in [1.29, 1.82) is 0 Å². The number of nitrogens with zero attached hydrogens (tertiary/aromatic N) is 4. The normalized spacial score (nSPS) is 12.1. The van der Waals surface area contributed by atoms with Gasteiger partial charge in [0.05, 0.1) is 17.5 Å². The van der Waals surface area contributed by atoms with Gasteiger partial charge < -0.3 is 4.57 Å². The summed E-state index contributed by atoms with van der Waals surface area (Å²) in [6, 6.07) is 0. The molecular weight excluding hydrogens is 200 g/mol. The summed E-state index contributed by atoms with van der Waals surface area (Å²) in [5.41, 5.74) is 2.39. The van der Waals surface area contributed by atoms with Gasteiger partial charge in [0.25, 0.3) is 0 Å². The van der Waals surface area contributed by atoms with E-state index >= 15 is 0 Å². The molecule has 0 radical (unpaired) electrons. The highest BCUT2D eigenvalue weighted by Crippen LogP contribution is 2.31. The predicted molar refractivity (Wildman–Crippen MR) is 64.1 cm³/mol. The van der Waals surface area contributed by atoms with Gasteiger partial charge in [-0.1, -0.05) is 20.8 Å². The van der Waals surface area contributed by atoms with Gasteiger partial charge in [-0.15, -0.1) is 0 Å². The van der Waals surface area contributed by atoms with Crippen molar-refractivity contribution in [3.63, 3.8) is 0 Å². The monoisotopic (exact) mass is 218 g/mol. The minimum absolute atomic E-state index is 0.0620. The zero-order valence-corrected chi connectivity index (χ0v) is 10.5. The summed E-state index contributed by atoms with van der Waals surface area (Å²) < 4.78 is 3.95. The van der Waals surface area contributed by atoms with E-state index in [1.165, 1.54) is 5.69 Å². The van der Waals surface area contributed by atoms with Crippen LogP contribution in [0.3, 0.4) is 0 Å². The Balaban J connectivity index is 2.64. The Labute approximate surface area is 95.9 Å². The highest BCUT2D eigenvalue weighted by atomic mass is 15.3. The van der Waals surface area contributed by atoms with Crippen molar-refractivity contribution < 1.29 is 0 Å². The molecule has 4 heteroatoms. The molecule has 2 heterocycles. The number of aromatic nitrogens is 4. The topological polar surface area (TPSA) is 35.6 Å². The molecule has 0 N–H and O–H groups in total. The maximum absolute atomic E-state index is 4.38. The summed E-state index contributed by atoms with van der Waals surface area (Å²) in [6.45, 7) is 6.57. The molecule has 0 bridgehead atoms. The van der Waals surface area contributed by atoms with Crippen molar-refractivity contribution >= 4 is 0 Å². The van der Waals surface area contributed by atoms with Crippen molar-refractivity contribution in [1.82, 2.24) is 19.3 Å². The largest absolute Gasteiger partial charge is 0.334 e. The van der Waals surface area contributed by atoms with Crippen LogP contribution >= 0.6 is 0 Å². The first-order valence-electron chi connectivity index (χ1n) is 5.41. The molecule has 0 aliphatic carbocycles. The highest BCUT2D eigenvalue weighted by Gasteiger charge is 2.24. The van der Waals surface area contributed by atoms with E-state index in [2.05, 4.69) is 30.9 Å². The second-order valence-corrected chi connectivity index (χ2v) is 5.14. The molecule has 2 rings (SSSR count). The van der Waals surface area contributed by atoms with Gasteiger partial charge in [0, 0.05) is 31.9 Å². The van der Waals surface area contributed by atoms with Crippen LogP contribution in [0.25, 0.3) is 11.4 Å². The molecule has 0 atom stereocenters. The smallest absolute Gasteiger partial charge is 0.143 e. The van der Waals surface area contributed by atoms with E-state index in [1.54, 1.807) is 0 Å². The third-order valence-corrected chi connectivity index (χ3v) is 2.71. The summed E-state index contributed by atoms with van der Waals surface area (Å²) in [5, 5.41) is 4.34. The van der Waals surface area contributed by atoms with Crippen LogP contribution in [0.15, 0.2) is 18.6 Å². The van der Waals surface area contributed by atoms with Crippen LogP contribution in [0.5, 0.6) is 0 Å². The van der Waals surface area contributed by atoms with Gasteiger partial charge >= 0.3 is 0 Å². The Bertz CT molecular complexity index is 499. The minimum Gasteiger partial charge on any atom is -0.334 e. The quantitative estimate of drug-likeness (QED) is 0.735. The molecule has 0 aliphatic rings. The lowest BCUT2D eigenvalue weighted by Crippen LogP contribution is -2.18. The van der Waals surface area contributed by atoms with Crippen molar-refractivity contribution in [2.24, 2.45) is 14.1 Å². The van der Waals surface area contributed by atoms with Crippen LogP contribution in [0.1, 0.15) is 26.5 Å². The van der Waals surface area contributed by atoms with E-state index in [1.807, 2.05) is 41.9 Å². The van der Waals surface area contributed by atoms with Gasteiger partial charge in [-0.3, -0.25) is 4.68 Å². The molecule has 2 aromatic rings. The zero-order chi connectivity index (χ0) is 11.9. The Morgan fingerprint density at radius 2 is 1.88 bits per heavy atom. The lowest BCUT2D eigenvalue weighted by molar-refractivity contribution is 0.524. The summed E-state index contributed by atoms with van der Waals surface area (Å²) in [6.07, 6.45) is 5.66. The highest BCUT2D eigenvalue weighted by molar-refractivity contribution is 5.59. The number of imidazole rings is 1. The van der Waals surface area contributed by atoms with Crippen molar-refractivity contribution in [3.05, 3.63) is 24.3 Å². The van der Waals surface area contributed by atoms with Gasteiger partial charge in [0.1, 0.15) is 5.82 Å². The molecule has 16 heavy (non-hydrogen) atoms. The number of hydrogen-bond donors (Lipinski definition) is 0. The molecule has 0 amide bonds. The molecule has 0 aliphatic heterocycles. The van der Waals surface area contributed by atoms with Crippen molar-refractivity contribution in [2.45, 2.75) is 26.2 Å². The van der Waals surface area contributed by atoms with Crippen LogP contribution < -0.4 is 0 Å². The molecule has 0 saturated heterocycles. The first-order chi connectivity index (χ1) is 7.41. The van der Waals surface area contributed by atoms with Gasteiger partial charge in [0.15, 0.2) is 0 Å². The van der Waals surface area contributed by atoms with E-state index < -0.39 is 0 Å². The number of aryl methyl sites for hydroxylation is 2. The van der Waals surface area contributed by atoms with Crippen LogP contribution in [0.4, 0.5) is 0 Å². The summed E-state index contributed by atoms with van der Waals surface area (Å²) in [5.74, 6) is 0.970. The molecule has 0 saturated carbocycles. The Hall–Kier alpha value is -1.58. The fourth-order valence-electron chi connectivity index (χ4n) is 2.12. The lowest BCUT2D eigenvalue weighted by Gasteiger charge is -2.20. The maximum atomic E-state index is 4.38. The Kier molecular flexibility index (Phi) is 2.37. The second-order valence-electron chi connectivity index (χ2n) is 5.14. The Morgan fingerprint density at radius 1 is 1.19 bits per heavy atom. The molecule has 0 unspecified atom stereocenters. The van der Waals surface area contributed by atoms with Crippen LogP contribution in [0, 0.1) is 0 Å². The predicted octanol–water partition coefficient (Wildman–Crippen LogP) is 2.12. The van der Waals surface area contributed by atoms with E-state index in [0.29, 0.717) is 0 Å². The van der Waals surface area contributed by atoms with Gasteiger partial charge in [-0.05, 0) is 0 Å². The van der Waals surface area contributed by atoms with Crippen molar-refractivity contribution in [3.8, 4) is 11.4 Å². The van der Waals surface area contributed by atoms with Crippen LogP contribution in [0.2, 0.25) is 0 Å². The van der Waals surface area contributed by atoms with E-state index in [0.717, 1.165) is 11.4 Å². The first-order valence-corrected chi connectivity index (χ1v) is 5.41. The number of rotatable bonds is 1. The average Bonchev–Trinajstić information content (AvgIpc) is 2.69. The van der Waals surface area contributed by atoms with Gasteiger partial charge in [-0.2, -0.15) is 5.10 Å². The zero-order valence-electron chi connectivity index (χ0n) is 10.5. The maximum Gasteiger partial charge on any atom is 0.143 e. The van der Waals surface area contributed by atoms with Gasteiger partial charge in [0.2, 0.25) is 0 Å². The molecule has 2 aromatic heterocycles. The van der Waals surface area contributed by atoms with Gasteiger partial charge in [-0.25, -0.2) is 4.98 Å². The SMILES string of the molecule is Cn1ccnc1-c1cnn(C)c1C(C)(C)C. The average molecular weight is 218 g/mol. The van der Waals surface area contributed by atoms with E-state index in [4.69, 9.17) is 0 Å². The molecule has 0 spiro atoms. The van der Waals surface area contributed by atoms with E-state index in [-0.39, 0.29) is 5.41 Å². The lowest BCUT2D eigenvalue weighted by atomic mass is 9.89. The molecule has 0 aromatic carbocycles. The second kappa shape index (κ2) is 3.47. The first kappa shape index (κ1) is 10.9. The third-order valence-electron chi connectivity index (χ3n) is 2.71. The molecule has 0 fully saturated rings. The van der Waals surface area contributed by atoms with E-state index in [9.17, 15) is 0 Å². The van der Waals surface area contributed by atoms with Crippen LogP contribution in [-0.4, -0.2) is 19.3 Å². The fourth-order valence-corrected chi connectivity index (χ4v) is 2.12. The molecule has 4 nitrogen and oxygen atoms in total. The van der Waals surface area contributed by atoms with Crippen LogP contribution in [-0.2, 0) is 19.5 Å².